The van der Waals surface area contributed by atoms with Crippen LogP contribution in [0.5, 0.6) is 0 Å². The lowest BCUT2D eigenvalue weighted by molar-refractivity contribution is -0.534. The summed E-state index contributed by atoms with van der Waals surface area (Å²) in [6, 6.07) is 27.3. The van der Waals surface area contributed by atoms with Gasteiger partial charge in [-0.05, 0) is 54.0 Å². The van der Waals surface area contributed by atoms with Crippen molar-refractivity contribution in [2.75, 3.05) is 13.1 Å². The van der Waals surface area contributed by atoms with Gasteiger partial charge in [-0.25, -0.2) is 4.39 Å². The molecule has 6 heteroatoms. The Balaban J connectivity index is 0.00000304. The molecular formula is C30H33BrFN3O. The fraction of sp³-hybridized carbons (Fsp3) is 0.333. The number of rotatable bonds is 7. The highest BCUT2D eigenvalue weighted by molar-refractivity contribution is 5.91. The van der Waals surface area contributed by atoms with Crippen molar-refractivity contribution >= 4 is 11.7 Å². The molecule has 0 saturated heterocycles. The molecule has 0 spiro atoms. The molecule has 1 heterocycles. The van der Waals surface area contributed by atoms with Crippen molar-refractivity contribution in [3.05, 3.63) is 107 Å². The molecule has 0 bridgehead atoms. The summed E-state index contributed by atoms with van der Waals surface area (Å²) in [5.74, 6) is 0.891. The number of carbonyl (C=O) groups excluding carboxylic acids is 1. The van der Waals surface area contributed by atoms with E-state index in [1.54, 1.807) is 0 Å². The molecule has 1 aliphatic heterocycles. The second-order valence-electron chi connectivity index (χ2n) is 9.86. The first-order valence-corrected chi connectivity index (χ1v) is 12.5. The number of amides is 1. The van der Waals surface area contributed by atoms with Crippen LogP contribution in [0.3, 0.4) is 0 Å². The fourth-order valence-corrected chi connectivity index (χ4v) is 6.34. The zero-order valence-corrected chi connectivity index (χ0v) is 22.2. The van der Waals surface area contributed by atoms with E-state index in [9.17, 15) is 9.18 Å². The third-order valence-electron chi connectivity index (χ3n) is 8.08. The van der Waals surface area contributed by atoms with Gasteiger partial charge < -0.3 is 22.7 Å². The maximum Gasteiger partial charge on any atom is 0.244 e. The molecular weight excluding hydrogens is 517 g/mol. The van der Waals surface area contributed by atoms with E-state index in [1.807, 2.05) is 72.8 Å². The summed E-state index contributed by atoms with van der Waals surface area (Å²) < 4.78 is 15.7. The number of hydrogen-bond donors (Lipinski definition) is 1. The SMILES string of the molecule is CC1=[N+](Cc2ccc(F)cc2)CCN1[C@H]1CC[C@@H](C(C(N)=O)(c2ccccc2)c2ccccc2)C1.[Br-]. The summed E-state index contributed by atoms with van der Waals surface area (Å²) in [4.78, 5) is 15.9. The molecule has 3 aromatic rings. The molecule has 0 radical (unpaired) electrons. The van der Waals surface area contributed by atoms with E-state index in [0.29, 0.717) is 6.04 Å². The van der Waals surface area contributed by atoms with Gasteiger partial charge in [-0.15, -0.1) is 0 Å². The minimum atomic E-state index is -0.849. The number of nitrogens with two attached hydrogens (primary N) is 1. The van der Waals surface area contributed by atoms with E-state index in [0.717, 1.165) is 55.6 Å². The Morgan fingerprint density at radius 1 is 0.972 bits per heavy atom. The van der Waals surface area contributed by atoms with E-state index in [2.05, 4.69) is 16.4 Å². The lowest BCUT2D eigenvalue weighted by Gasteiger charge is -2.37. The number of amidine groups is 1. The highest BCUT2D eigenvalue weighted by Crippen LogP contribution is 2.48. The van der Waals surface area contributed by atoms with Crippen LogP contribution in [0, 0.1) is 11.7 Å². The summed E-state index contributed by atoms with van der Waals surface area (Å²) in [7, 11) is 0. The maximum atomic E-state index is 13.3. The molecule has 1 amide bonds. The van der Waals surface area contributed by atoms with Crippen molar-refractivity contribution in [3.8, 4) is 0 Å². The van der Waals surface area contributed by atoms with E-state index >= 15 is 0 Å². The number of carbonyl (C=O) groups is 1. The Hall–Kier alpha value is -2.99. The molecule has 0 unspecified atom stereocenters. The van der Waals surface area contributed by atoms with Gasteiger partial charge in [0.25, 0.3) is 0 Å². The average molecular weight is 551 g/mol. The Morgan fingerprint density at radius 2 is 1.56 bits per heavy atom. The second-order valence-corrected chi connectivity index (χ2v) is 9.86. The van der Waals surface area contributed by atoms with Gasteiger partial charge >= 0.3 is 0 Å². The van der Waals surface area contributed by atoms with Crippen molar-refractivity contribution in [2.24, 2.45) is 11.7 Å². The molecule has 1 saturated carbocycles. The fourth-order valence-electron chi connectivity index (χ4n) is 6.34. The molecule has 36 heavy (non-hydrogen) atoms. The molecule has 4 nitrogen and oxygen atoms in total. The predicted octanol–water partition coefficient (Wildman–Crippen LogP) is 1.72. The van der Waals surface area contributed by atoms with Crippen LogP contribution in [0.2, 0.25) is 0 Å². The highest BCUT2D eigenvalue weighted by atomic mass is 79.9. The number of halogens is 2. The smallest absolute Gasteiger partial charge is 0.244 e. The first kappa shape index (κ1) is 26.1. The van der Waals surface area contributed by atoms with Gasteiger partial charge in [0.1, 0.15) is 30.9 Å². The minimum Gasteiger partial charge on any atom is -1.00 e. The Labute approximate surface area is 223 Å². The van der Waals surface area contributed by atoms with Gasteiger partial charge in [0.05, 0.1) is 6.04 Å². The molecule has 1 fully saturated rings. The molecule has 5 rings (SSSR count). The molecule has 2 atom stereocenters. The number of hydrogen-bond acceptors (Lipinski definition) is 2. The van der Waals surface area contributed by atoms with Gasteiger partial charge in [0.15, 0.2) is 0 Å². The topological polar surface area (TPSA) is 49.3 Å². The van der Waals surface area contributed by atoms with E-state index in [-0.39, 0.29) is 34.6 Å². The van der Waals surface area contributed by atoms with Crippen LogP contribution in [-0.4, -0.2) is 40.3 Å². The standard InChI is InChI=1S/C30H32FN3O.BrH/c1-22-33(21-23-12-15-27(31)16-13-23)18-19-34(22)28-17-14-26(20-28)30(29(32)35,24-8-4-2-5-9-24)25-10-6-3-7-11-25;/h2-13,15-16,26,28H,14,17-21H2,1H3,(H-,32,35);1H/t26-,28+;/m1./s1. The monoisotopic (exact) mass is 549 g/mol. The minimum absolute atomic E-state index is 0. The zero-order chi connectivity index (χ0) is 24.4. The molecule has 1 aliphatic carbocycles. The lowest BCUT2D eigenvalue weighted by Crippen LogP contribution is -3.00. The molecule has 2 aliphatic rings. The van der Waals surface area contributed by atoms with Crippen LogP contribution in [0.15, 0.2) is 84.9 Å². The highest BCUT2D eigenvalue weighted by Gasteiger charge is 2.52. The molecule has 2 N–H and O–H groups in total. The first-order valence-electron chi connectivity index (χ1n) is 12.5. The normalized spacial score (nSPS) is 19.9. The Kier molecular flexibility index (Phi) is 7.94. The van der Waals surface area contributed by atoms with Crippen molar-refractivity contribution in [1.82, 2.24) is 4.90 Å². The van der Waals surface area contributed by atoms with Gasteiger partial charge in [-0.2, -0.15) is 0 Å². The van der Waals surface area contributed by atoms with E-state index < -0.39 is 5.41 Å². The average Bonchev–Trinajstić information content (AvgIpc) is 3.49. The lowest BCUT2D eigenvalue weighted by atomic mass is 9.64. The molecule has 188 valence electrons. The number of benzene rings is 3. The van der Waals surface area contributed by atoms with Crippen molar-refractivity contribution in [1.29, 1.82) is 0 Å². The summed E-state index contributed by atoms with van der Waals surface area (Å²) in [5, 5.41) is 0. The molecule has 0 aromatic heterocycles. The maximum absolute atomic E-state index is 13.3. The summed E-state index contributed by atoms with van der Waals surface area (Å²) in [6.07, 6.45) is 2.88. The van der Waals surface area contributed by atoms with Crippen molar-refractivity contribution in [2.45, 2.75) is 44.2 Å². The first-order chi connectivity index (χ1) is 17.0. The van der Waals surface area contributed by atoms with Gasteiger partial charge in [-0.3, -0.25) is 14.3 Å². The van der Waals surface area contributed by atoms with Crippen molar-refractivity contribution in [3.63, 3.8) is 0 Å². The quantitative estimate of drug-likeness (QED) is 0.456. The van der Waals surface area contributed by atoms with Crippen LogP contribution < -0.4 is 22.7 Å². The third-order valence-corrected chi connectivity index (χ3v) is 8.08. The summed E-state index contributed by atoms with van der Waals surface area (Å²) in [6.45, 7) is 4.87. The summed E-state index contributed by atoms with van der Waals surface area (Å²) >= 11 is 0. The van der Waals surface area contributed by atoms with Gasteiger partial charge in [0.2, 0.25) is 11.7 Å². The zero-order valence-electron chi connectivity index (χ0n) is 20.6. The van der Waals surface area contributed by atoms with Crippen LogP contribution in [-0.2, 0) is 16.8 Å². The van der Waals surface area contributed by atoms with E-state index in [1.165, 1.54) is 18.0 Å². The number of nitrogens with zero attached hydrogens (tertiary/aromatic N) is 2. The molecule has 3 aromatic carbocycles. The Morgan fingerprint density at radius 3 is 2.11 bits per heavy atom. The van der Waals surface area contributed by atoms with Crippen LogP contribution in [0.25, 0.3) is 0 Å². The van der Waals surface area contributed by atoms with Crippen LogP contribution in [0.4, 0.5) is 4.39 Å². The van der Waals surface area contributed by atoms with Crippen LogP contribution in [0.1, 0.15) is 42.9 Å². The number of primary amides is 1. The second kappa shape index (κ2) is 11.0. The van der Waals surface area contributed by atoms with Gasteiger partial charge in [0, 0.05) is 6.92 Å². The third kappa shape index (κ3) is 4.71. The predicted molar refractivity (Wildman–Crippen MR) is 137 cm³/mol. The van der Waals surface area contributed by atoms with E-state index in [4.69, 9.17) is 5.73 Å². The Bertz CT molecular complexity index is 1170. The van der Waals surface area contributed by atoms with Gasteiger partial charge in [-0.1, -0.05) is 72.8 Å². The van der Waals surface area contributed by atoms with Crippen molar-refractivity contribution < 1.29 is 30.7 Å². The largest absolute Gasteiger partial charge is 1.00 e. The van der Waals surface area contributed by atoms with Crippen LogP contribution >= 0.6 is 0 Å². The summed E-state index contributed by atoms with van der Waals surface area (Å²) in [5.41, 5.74) is 8.48.